The number of amides is 2. The van der Waals surface area contributed by atoms with Crippen molar-refractivity contribution in [2.75, 3.05) is 13.2 Å². The molecule has 90 valence electrons. The van der Waals surface area contributed by atoms with E-state index in [0.29, 0.717) is 19.3 Å². The van der Waals surface area contributed by atoms with Crippen molar-refractivity contribution in [2.24, 2.45) is 0 Å². The first-order valence-corrected chi connectivity index (χ1v) is 4.82. The number of aliphatic hydroxyl groups excluding tert-OH is 1. The van der Waals surface area contributed by atoms with E-state index >= 15 is 0 Å². The van der Waals surface area contributed by atoms with Crippen LogP contribution in [0.5, 0.6) is 0 Å². The Bertz CT molecular complexity index is 271. The predicted molar refractivity (Wildman–Crippen MR) is 55.5 cm³/mol. The minimum atomic E-state index is -0.981. The zero-order valence-corrected chi connectivity index (χ0v) is 8.89. The summed E-state index contributed by atoms with van der Waals surface area (Å²) < 4.78 is 0. The minimum Gasteiger partial charge on any atom is -0.478 e. The summed E-state index contributed by atoms with van der Waals surface area (Å²) in [4.78, 5) is 32.4. The van der Waals surface area contributed by atoms with Gasteiger partial charge in [0.15, 0.2) is 0 Å². The third kappa shape index (κ3) is 5.26. The number of hydrogen-bond donors (Lipinski definition) is 2. The number of aliphatic hydroxyl groups is 1. The molecule has 0 aromatic carbocycles. The Morgan fingerprint density at radius 1 is 1.38 bits per heavy atom. The Morgan fingerprint density at radius 3 is 2.12 bits per heavy atom. The molecule has 2 amide bonds. The standard InChI is InChI=1S/C7H11NO3.C3H4O2/c9-5-4-8-6(10)2-1-3-7(8)11;1-2-3(4)5/h9H,1-5H2;2H,1H2,(H,4,5). The zero-order valence-electron chi connectivity index (χ0n) is 8.89. The minimum absolute atomic E-state index is 0.141. The molecule has 0 aromatic rings. The van der Waals surface area contributed by atoms with Gasteiger partial charge in [-0.3, -0.25) is 14.5 Å². The van der Waals surface area contributed by atoms with Crippen molar-refractivity contribution in [3.63, 3.8) is 0 Å². The summed E-state index contributed by atoms with van der Waals surface area (Å²) in [5.41, 5.74) is 0. The number of carboxylic acids is 1. The van der Waals surface area contributed by atoms with E-state index in [2.05, 4.69) is 6.58 Å². The molecule has 0 atom stereocenters. The number of carboxylic acid groups (broad SMARTS) is 1. The molecule has 1 aliphatic heterocycles. The quantitative estimate of drug-likeness (QED) is 0.515. The number of rotatable bonds is 3. The van der Waals surface area contributed by atoms with Gasteiger partial charge in [-0.2, -0.15) is 0 Å². The fourth-order valence-corrected chi connectivity index (χ4v) is 1.15. The molecule has 1 rings (SSSR count). The molecule has 0 bridgehead atoms. The van der Waals surface area contributed by atoms with Crippen LogP contribution in [0.25, 0.3) is 0 Å². The molecule has 0 radical (unpaired) electrons. The highest BCUT2D eigenvalue weighted by Crippen LogP contribution is 2.10. The smallest absolute Gasteiger partial charge is 0.327 e. The maximum Gasteiger partial charge on any atom is 0.327 e. The average Bonchev–Trinajstić information content (AvgIpc) is 2.24. The Morgan fingerprint density at radius 2 is 1.81 bits per heavy atom. The van der Waals surface area contributed by atoms with E-state index in [0.717, 1.165) is 11.0 Å². The first-order valence-electron chi connectivity index (χ1n) is 4.82. The first-order chi connectivity index (χ1) is 7.52. The monoisotopic (exact) mass is 229 g/mol. The number of carbonyl (C=O) groups is 3. The third-order valence-corrected chi connectivity index (χ3v) is 1.88. The lowest BCUT2D eigenvalue weighted by Gasteiger charge is -2.23. The molecular weight excluding hydrogens is 214 g/mol. The number of likely N-dealkylation sites (tertiary alicyclic amines) is 1. The number of piperidine rings is 1. The number of carbonyl (C=O) groups excluding carboxylic acids is 2. The van der Waals surface area contributed by atoms with E-state index in [1.807, 2.05) is 0 Å². The van der Waals surface area contributed by atoms with Crippen molar-refractivity contribution >= 4 is 17.8 Å². The summed E-state index contributed by atoms with van der Waals surface area (Å²) in [5, 5.41) is 16.1. The maximum atomic E-state index is 11.0. The molecule has 0 saturated carbocycles. The lowest BCUT2D eigenvalue weighted by molar-refractivity contribution is -0.148. The van der Waals surface area contributed by atoms with Gasteiger partial charge in [0.05, 0.1) is 13.2 Å². The summed E-state index contributed by atoms with van der Waals surface area (Å²) in [7, 11) is 0. The number of imide groups is 1. The van der Waals surface area contributed by atoms with Gasteiger partial charge in [-0.1, -0.05) is 6.58 Å². The topological polar surface area (TPSA) is 94.9 Å². The summed E-state index contributed by atoms with van der Waals surface area (Å²) in [6, 6.07) is 0. The fraction of sp³-hybridized carbons (Fsp3) is 0.500. The summed E-state index contributed by atoms with van der Waals surface area (Å²) >= 11 is 0. The van der Waals surface area contributed by atoms with Gasteiger partial charge >= 0.3 is 5.97 Å². The van der Waals surface area contributed by atoms with Gasteiger partial charge < -0.3 is 10.2 Å². The molecule has 0 aromatic heterocycles. The summed E-state index contributed by atoms with van der Waals surface area (Å²) in [6.45, 7) is 2.97. The van der Waals surface area contributed by atoms with Gasteiger partial charge in [0.2, 0.25) is 11.8 Å². The molecule has 16 heavy (non-hydrogen) atoms. The average molecular weight is 229 g/mol. The molecule has 0 unspecified atom stereocenters. The van der Waals surface area contributed by atoms with E-state index in [9.17, 15) is 14.4 Å². The Hall–Kier alpha value is -1.69. The van der Waals surface area contributed by atoms with Crippen LogP contribution in [-0.4, -0.2) is 46.0 Å². The zero-order chi connectivity index (χ0) is 12.6. The number of nitrogens with zero attached hydrogens (tertiary/aromatic N) is 1. The Kier molecular flexibility index (Phi) is 6.78. The Labute approximate surface area is 93.2 Å². The van der Waals surface area contributed by atoms with E-state index < -0.39 is 5.97 Å². The van der Waals surface area contributed by atoms with Gasteiger partial charge in [-0.05, 0) is 6.42 Å². The third-order valence-electron chi connectivity index (χ3n) is 1.88. The summed E-state index contributed by atoms with van der Waals surface area (Å²) in [5.74, 6) is -1.30. The summed E-state index contributed by atoms with van der Waals surface area (Å²) in [6.07, 6.45) is 2.36. The predicted octanol–water partition coefficient (Wildman–Crippen LogP) is -0.225. The van der Waals surface area contributed by atoms with Crippen LogP contribution in [0.2, 0.25) is 0 Å². The molecule has 6 nitrogen and oxygen atoms in total. The van der Waals surface area contributed by atoms with Gasteiger partial charge in [0.1, 0.15) is 0 Å². The van der Waals surface area contributed by atoms with Gasteiger partial charge in [0.25, 0.3) is 0 Å². The number of hydrogen-bond acceptors (Lipinski definition) is 4. The number of aliphatic carboxylic acids is 1. The largest absolute Gasteiger partial charge is 0.478 e. The van der Waals surface area contributed by atoms with Crippen LogP contribution in [0.4, 0.5) is 0 Å². The molecule has 6 heteroatoms. The fourth-order valence-electron chi connectivity index (χ4n) is 1.15. The molecule has 1 fully saturated rings. The van der Waals surface area contributed by atoms with Crippen molar-refractivity contribution in [3.05, 3.63) is 12.7 Å². The van der Waals surface area contributed by atoms with E-state index in [1.165, 1.54) is 0 Å². The van der Waals surface area contributed by atoms with Gasteiger partial charge in [-0.25, -0.2) is 4.79 Å². The van der Waals surface area contributed by atoms with E-state index in [1.54, 1.807) is 0 Å². The van der Waals surface area contributed by atoms with E-state index in [4.69, 9.17) is 10.2 Å². The van der Waals surface area contributed by atoms with Crippen LogP contribution in [0.1, 0.15) is 19.3 Å². The van der Waals surface area contributed by atoms with Crippen molar-refractivity contribution in [1.82, 2.24) is 4.90 Å². The van der Waals surface area contributed by atoms with Crippen LogP contribution in [-0.2, 0) is 14.4 Å². The number of β-amino-alcohol motifs (C(OH)–C–C–N with tert-alkyl or cyclic N) is 1. The maximum absolute atomic E-state index is 11.0. The van der Waals surface area contributed by atoms with Crippen LogP contribution >= 0.6 is 0 Å². The molecule has 0 spiro atoms. The normalized spacial score (nSPS) is 15.2. The molecule has 1 saturated heterocycles. The highest BCUT2D eigenvalue weighted by atomic mass is 16.4. The van der Waals surface area contributed by atoms with Crippen molar-refractivity contribution < 1.29 is 24.6 Å². The van der Waals surface area contributed by atoms with Crippen molar-refractivity contribution in [1.29, 1.82) is 0 Å². The van der Waals surface area contributed by atoms with Gasteiger partial charge in [0, 0.05) is 18.9 Å². The molecular formula is C10H15NO5. The van der Waals surface area contributed by atoms with Crippen molar-refractivity contribution in [3.8, 4) is 0 Å². The molecule has 0 aliphatic carbocycles. The molecule has 2 N–H and O–H groups in total. The molecule has 1 aliphatic rings. The highest BCUT2D eigenvalue weighted by molar-refractivity contribution is 5.97. The van der Waals surface area contributed by atoms with Crippen LogP contribution < -0.4 is 0 Å². The van der Waals surface area contributed by atoms with Crippen molar-refractivity contribution in [2.45, 2.75) is 19.3 Å². The molecule has 1 heterocycles. The van der Waals surface area contributed by atoms with Gasteiger partial charge in [-0.15, -0.1) is 0 Å². The SMILES string of the molecule is C=CC(=O)O.O=C1CCCC(=O)N1CCO. The van der Waals surface area contributed by atoms with Crippen LogP contribution in [0.3, 0.4) is 0 Å². The second-order valence-electron chi connectivity index (χ2n) is 3.06. The van der Waals surface area contributed by atoms with Crippen LogP contribution in [0, 0.1) is 0 Å². The van der Waals surface area contributed by atoms with Crippen LogP contribution in [0.15, 0.2) is 12.7 Å². The Balaban J connectivity index is 0.000000385. The first kappa shape index (κ1) is 14.3. The second kappa shape index (κ2) is 7.58. The lowest BCUT2D eigenvalue weighted by Crippen LogP contribution is -2.41. The lowest BCUT2D eigenvalue weighted by atomic mass is 10.1. The highest BCUT2D eigenvalue weighted by Gasteiger charge is 2.24. The van der Waals surface area contributed by atoms with E-state index in [-0.39, 0.29) is 25.0 Å². The second-order valence-corrected chi connectivity index (χ2v) is 3.06.